The van der Waals surface area contributed by atoms with E-state index in [1.807, 2.05) is 19.1 Å². The highest BCUT2D eigenvalue weighted by molar-refractivity contribution is 9.10. The molecule has 0 amide bonds. The predicted molar refractivity (Wildman–Crippen MR) is 101 cm³/mol. The number of rotatable bonds is 5. The van der Waals surface area contributed by atoms with E-state index < -0.39 is 10.0 Å². The maximum atomic E-state index is 12.8. The Balaban J connectivity index is 1.96. The number of nitrogens with zero attached hydrogens (tertiary/aromatic N) is 1. The molecule has 1 heterocycles. The summed E-state index contributed by atoms with van der Waals surface area (Å²) in [5.41, 5.74) is 2.36. The monoisotopic (exact) mass is 420 g/mol. The maximum Gasteiger partial charge on any atom is 0.241 e. The SMILES string of the molecule is COc1ccc(Br)cc1CNS(=O)(=O)c1ccc(C)c2ncccc12. The van der Waals surface area contributed by atoms with Gasteiger partial charge in [0.05, 0.1) is 17.5 Å². The van der Waals surface area contributed by atoms with E-state index in [0.717, 1.165) is 15.6 Å². The van der Waals surface area contributed by atoms with Crippen LogP contribution >= 0.6 is 15.9 Å². The molecule has 1 aromatic heterocycles. The molecular formula is C18H17BrN2O3S. The third kappa shape index (κ3) is 3.68. The Morgan fingerprint density at radius 2 is 2.00 bits per heavy atom. The second kappa shape index (κ2) is 7.11. The van der Waals surface area contributed by atoms with Gasteiger partial charge in [-0.1, -0.05) is 22.0 Å². The molecule has 0 atom stereocenters. The van der Waals surface area contributed by atoms with Crippen LogP contribution < -0.4 is 9.46 Å². The Hall–Kier alpha value is -1.96. The Kier molecular flexibility index (Phi) is 5.08. The summed E-state index contributed by atoms with van der Waals surface area (Å²) in [6, 6.07) is 12.3. The lowest BCUT2D eigenvalue weighted by Crippen LogP contribution is -2.24. The van der Waals surface area contributed by atoms with Crippen molar-refractivity contribution >= 4 is 36.9 Å². The summed E-state index contributed by atoms with van der Waals surface area (Å²) in [6.45, 7) is 2.03. The molecule has 130 valence electrons. The second-order valence-electron chi connectivity index (χ2n) is 5.56. The largest absolute Gasteiger partial charge is 0.496 e. The average Bonchev–Trinajstić information content (AvgIpc) is 2.60. The zero-order valence-corrected chi connectivity index (χ0v) is 16.2. The van der Waals surface area contributed by atoms with Gasteiger partial charge in [-0.05, 0) is 48.9 Å². The van der Waals surface area contributed by atoms with E-state index in [0.29, 0.717) is 16.7 Å². The molecule has 2 aromatic carbocycles. The minimum absolute atomic E-state index is 0.126. The number of hydrogen-bond donors (Lipinski definition) is 1. The van der Waals surface area contributed by atoms with Crippen LogP contribution in [0.1, 0.15) is 11.1 Å². The number of methoxy groups -OCH3 is 1. The van der Waals surface area contributed by atoms with E-state index in [1.165, 1.54) is 0 Å². The highest BCUT2D eigenvalue weighted by atomic mass is 79.9. The Morgan fingerprint density at radius 1 is 1.20 bits per heavy atom. The van der Waals surface area contributed by atoms with Gasteiger partial charge in [-0.2, -0.15) is 0 Å². The minimum atomic E-state index is -3.70. The Labute approximate surface area is 155 Å². The minimum Gasteiger partial charge on any atom is -0.496 e. The fourth-order valence-corrected chi connectivity index (χ4v) is 4.27. The van der Waals surface area contributed by atoms with Gasteiger partial charge in [0.2, 0.25) is 10.0 Å². The van der Waals surface area contributed by atoms with E-state index in [-0.39, 0.29) is 11.4 Å². The first-order valence-electron chi connectivity index (χ1n) is 7.59. The number of nitrogens with one attached hydrogen (secondary N) is 1. The molecule has 0 radical (unpaired) electrons. The molecule has 1 N–H and O–H groups in total. The summed E-state index contributed by atoms with van der Waals surface area (Å²) in [5.74, 6) is 0.626. The Bertz CT molecular complexity index is 1040. The van der Waals surface area contributed by atoms with Gasteiger partial charge in [0.1, 0.15) is 5.75 Å². The van der Waals surface area contributed by atoms with Gasteiger partial charge in [-0.25, -0.2) is 13.1 Å². The average molecular weight is 421 g/mol. The van der Waals surface area contributed by atoms with Crippen LogP contribution in [0.4, 0.5) is 0 Å². The van der Waals surface area contributed by atoms with Gasteiger partial charge in [-0.15, -0.1) is 0 Å². The number of pyridine rings is 1. The zero-order valence-electron chi connectivity index (χ0n) is 13.8. The van der Waals surface area contributed by atoms with Crippen LogP contribution in [0.2, 0.25) is 0 Å². The first kappa shape index (κ1) is 17.8. The third-order valence-corrected chi connectivity index (χ3v) is 5.87. The summed E-state index contributed by atoms with van der Waals surface area (Å²) in [7, 11) is -2.14. The maximum absolute atomic E-state index is 12.8. The molecular weight excluding hydrogens is 404 g/mol. The molecule has 0 bridgehead atoms. The van der Waals surface area contributed by atoms with Crippen molar-refractivity contribution in [1.82, 2.24) is 9.71 Å². The standard InChI is InChI=1S/C18H17BrN2O3S/c1-12-5-8-17(15-4-3-9-20-18(12)15)25(22,23)21-11-13-10-14(19)6-7-16(13)24-2/h3-10,21H,11H2,1-2H3. The van der Waals surface area contributed by atoms with Crippen molar-refractivity contribution in [3.63, 3.8) is 0 Å². The number of fused-ring (bicyclic) bond motifs is 1. The fraction of sp³-hybridized carbons (Fsp3) is 0.167. The van der Waals surface area contributed by atoms with Gasteiger partial charge in [-0.3, -0.25) is 4.98 Å². The molecule has 0 aliphatic heterocycles. The molecule has 0 aliphatic carbocycles. The van der Waals surface area contributed by atoms with Crippen molar-refractivity contribution < 1.29 is 13.2 Å². The van der Waals surface area contributed by atoms with Gasteiger partial charge in [0, 0.05) is 28.2 Å². The zero-order chi connectivity index (χ0) is 18.0. The van der Waals surface area contributed by atoms with Crippen molar-refractivity contribution in [2.75, 3.05) is 7.11 Å². The van der Waals surface area contributed by atoms with E-state index in [9.17, 15) is 8.42 Å². The second-order valence-corrected chi connectivity index (χ2v) is 8.21. The highest BCUT2D eigenvalue weighted by Crippen LogP contribution is 2.26. The highest BCUT2D eigenvalue weighted by Gasteiger charge is 2.19. The molecule has 7 heteroatoms. The molecule has 0 saturated heterocycles. The predicted octanol–water partition coefficient (Wildman–Crippen LogP) is 3.79. The lowest BCUT2D eigenvalue weighted by atomic mass is 10.1. The number of aryl methyl sites for hydroxylation is 1. The van der Waals surface area contributed by atoms with Crippen molar-refractivity contribution in [2.45, 2.75) is 18.4 Å². The summed E-state index contributed by atoms with van der Waals surface area (Å²) in [4.78, 5) is 4.51. The molecule has 0 fully saturated rings. The van der Waals surface area contributed by atoms with Crippen molar-refractivity contribution in [1.29, 1.82) is 0 Å². The molecule has 0 spiro atoms. The van der Waals surface area contributed by atoms with E-state index in [4.69, 9.17) is 4.74 Å². The molecule has 0 unspecified atom stereocenters. The van der Waals surface area contributed by atoms with E-state index in [2.05, 4.69) is 25.6 Å². The summed E-state index contributed by atoms with van der Waals surface area (Å²) >= 11 is 3.39. The van der Waals surface area contributed by atoms with Crippen LogP contribution in [-0.2, 0) is 16.6 Å². The number of aromatic nitrogens is 1. The Morgan fingerprint density at radius 3 is 2.76 bits per heavy atom. The van der Waals surface area contributed by atoms with Crippen molar-refractivity contribution in [3.05, 3.63) is 64.3 Å². The van der Waals surface area contributed by atoms with Crippen LogP contribution in [0.3, 0.4) is 0 Å². The normalized spacial score (nSPS) is 11.6. The molecule has 25 heavy (non-hydrogen) atoms. The third-order valence-electron chi connectivity index (χ3n) is 3.92. The number of sulfonamides is 1. The van der Waals surface area contributed by atoms with Gasteiger partial charge in [0.25, 0.3) is 0 Å². The number of hydrogen-bond acceptors (Lipinski definition) is 4. The van der Waals surface area contributed by atoms with E-state index in [1.54, 1.807) is 43.6 Å². The van der Waals surface area contributed by atoms with Crippen molar-refractivity contribution in [3.8, 4) is 5.75 Å². The number of benzene rings is 2. The smallest absolute Gasteiger partial charge is 0.241 e. The van der Waals surface area contributed by atoms with Gasteiger partial charge in [0.15, 0.2) is 0 Å². The number of ether oxygens (including phenoxy) is 1. The lowest BCUT2D eigenvalue weighted by molar-refractivity contribution is 0.409. The van der Waals surface area contributed by atoms with Crippen molar-refractivity contribution in [2.24, 2.45) is 0 Å². The summed E-state index contributed by atoms with van der Waals surface area (Å²) < 4.78 is 34.4. The molecule has 3 rings (SSSR count). The molecule has 0 aliphatic rings. The van der Waals surface area contributed by atoms with Crippen LogP contribution in [0.15, 0.2) is 58.0 Å². The summed E-state index contributed by atoms with van der Waals surface area (Å²) in [5, 5.41) is 0.608. The van der Waals surface area contributed by atoms with Gasteiger partial charge < -0.3 is 4.74 Å². The first-order valence-corrected chi connectivity index (χ1v) is 9.86. The van der Waals surface area contributed by atoms with Crippen LogP contribution in [-0.4, -0.2) is 20.5 Å². The molecule has 3 aromatic rings. The van der Waals surface area contributed by atoms with Gasteiger partial charge >= 0.3 is 0 Å². The van der Waals surface area contributed by atoms with Crippen LogP contribution in [0, 0.1) is 6.92 Å². The van der Waals surface area contributed by atoms with E-state index >= 15 is 0 Å². The topological polar surface area (TPSA) is 68.3 Å². The quantitative estimate of drug-likeness (QED) is 0.681. The van der Waals surface area contributed by atoms with Crippen LogP contribution in [0.5, 0.6) is 5.75 Å². The fourth-order valence-electron chi connectivity index (χ4n) is 2.66. The first-order chi connectivity index (χ1) is 11.9. The number of halogens is 1. The molecule has 0 saturated carbocycles. The molecule has 5 nitrogen and oxygen atoms in total. The van der Waals surface area contributed by atoms with Crippen LogP contribution in [0.25, 0.3) is 10.9 Å². The lowest BCUT2D eigenvalue weighted by Gasteiger charge is -2.13. The summed E-state index contributed by atoms with van der Waals surface area (Å²) in [6.07, 6.45) is 1.66.